The molecule has 0 saturated heterocycles. The van der Waals surface area contributed by atoms with E-state index in [0.717, 1.165) is 107 Å². The third-order valence-electron chi connectivity index (χ3n) is 26.6. The van der Waals surface area contributed by atoms with E-state index in [0.29, 0.717) is 77.6 Å². The lowest BCUT2D eigenvalue weighted by molar-refractivity contribution is -0.0446. The monoisotopic (exact) mass is 1370 g/mol. The van der Waals surface area contributed by atoms with Gasteiger partial charge in [-0.05, 0) is 327 Å². The molecule has 0 heterocycles. The van der Waals surface area contributed by atoms with Gasteiger partial charge in [-0.2, -0.15) is 0 Å². The van der Waals surface area contributed by atoms with Crippen LogP contribution in [0.2, 0.25) is 0 Å². The van der Waals surface area contributed by atoms with E-state index in [4.69, 9.17) is 9.84 Å². The second kappa shape index (κ2) is 34.7. The molecule has 10 aliphatic rings. The maximum Gasteiger partial charge on any atom is 0.119 e. The van der Waals surface area contributed by atoms with Crippen molar-refractivity contribution < 1.29 is 45.6 Å². The summed E-state index contributed by atoms with van der Waals surface area (Å²) in [4.78, 5) is 0. The fourth-order valence-electron chi connectivity index (χ4n) is 20.9. The number of fused-ring (bicyclic) bond motifs is 3. The van der Waals surface area contributed by atoms with Crippen LogP contribution in [0.4, 0.5) is 0 Å². The van der Waals surface area contributed by atoms with Crippen molar-refractivity contribution in [2.75, 3.05) is 13.2 Å². The first kappa shape index (κ1) is 81.3. The minimum atomic E-state index is -0.954. The van der Waals surface area contributed by atoms with Crippen molar-refractivity contribution in [2.45, 2.75) is 355 Å². The number of aliphatic hydroxyl groups is 8. The molecule has 0 bridgehead atoms. The normalized spacial score (nSPS) is 34.8. The molecule has 0 amide bonds. The molecule has 9 nitrogen and oxygen atoms in total. The molecule has 556 valence electrons. The van der Waals surface area contributed by atoms with Crippen LogP contribution in [0, 0.1) is 74.9 Å². The van der Waals surface area contributed by atoms with Gasteiger partial charge in [-0.1, -0.05) is 155 Å². The second-order valence-electron chi connectivity index (χ2n) is 36.9. The minimum absolute atomic E-state index is 0.114. The molecule has 9 saturated carbocycles. The third-order valence-corrected chi connectivity index (χ3v) is 26.6. The van der Waals surface area contributed by atoms with Gasteiger partial charge in [0.05, 0.1) is 41.2 Å². The smallest absolute Gasteiger partial charge is 0.119 e. The van der Waals surface area contributed by atoms with Gasteiger partial charge in [0, 0.05) is 32.5 Å². The lowest BCUT2D eigenvalue weighted by Gasteiger charge is -2.45. The molecule has 9 heteroatoms. The number of rotatable bonds is 23. The maximum atomic E-state index is 10.6. The first-order valence-electron chi connectivity index (χ1n) is 40.1. The molecule has 99 heavy (non-hydrogen) atoms. The van der Waals surface area contributed by atoms with Crippen molar-refractivity contribution >= 4 is 0 Å². The summed E-state index contributed by atoms with van der Waals surface area (Å²) in [5, 5.41) is 80.3. The van der Waals surface area contributed by atoms with Crippen molar-refractivity contribution in [1.29, 1.82) is 0 Å². The predicted octanol–water partition coefficient (Wildman–Crippen LogP) is 19.8. The highest BCUT2D eigenvalue weighted by molar-refractivity contribution is 5.42. The van der Waals surface area contributed by atoms with E-state index < -0.39 is 28.5 Å². The summed E-state index contributed by atoms with van der Waals surface area (Å²) in [5.74, 6) is 10.9. The molecule has 0 aromatic carbocycles. The fourth-order valence-corrected chi connectivity index (χ4v) is 20.9. The summed E-state index contributed by atoms with van der Waals surface area (Å²) in [6, 6.07) is 0. The quantitative estimate of drug-likeness (QED) is 0.0282. The molecular weight excluding hydrogens is 1220 g/mol. The predicted molar refractivity (Wildman–Crippen MR) is 410 cm³/mol. The van der Waals surface area contributed by atoms with E-state index >= 15 is 0 Å². The van der Waals surface area contributed by atoms with Crippen LogP contribution in [0.25, 0.3) is 0 Å². The summed E-state index contributed by atoms with van der Waals surface area (Å²) >= 11 is 0. The summed E-state index contributed by atoms with van der Waals surface area (Å²) in [6.45, 7) is 38.4. The first-order valence-corrected chi connectivity index (χ1v) is 40.1. The van der Waals surface area contributed by atoms with E-state index in [1.165, 1.54) is 138 Å². The van der Waals surface area contributed by atoms with Crippen LogP contribution in [0.3, 0.4) is 0 Å². The Morgan fingerprint density at radius 2 is 1.04 bits per heavy atom. The van der Waals surface area contributed by atoms with Crippen LogP contribution in [0.15, 0.2) is 118 Å². The van der Waals surface area contributed by atoms with Crippen molar-refractivity contribution in [3.05, 3.63) is 118 Å². The van der Waals surface area contributed by atoms with Gasteiger partial charge in [-0.15, -0.1) is 0 Å². The van der Waals surface area contributed by atoms with Gasteiger partial charge < -0.3 is 45.6 Å². The zero-order valence-electron chi connectivity index (χ0n) is 64.7. The molecule has 14 atom stereocenters. The molecule has 0 radical (unpaired) electrons. The molecule has 10 aliphatic carbocycles. The van der Waals surface area contributed by atoms with Crippen LogP contribution in [0.5, 0.6) is 0 Å². The van der Waals surface area contributed by atoms with Crippen molar-refractivity contribution in [1.82, 2.24) is 0 Å². The Morgan fingerprint density at radius 1 is 0.556 bits per heavy atom. The molecule has 3 unspecified atom stereocenters. The van der Waals surface area contributed by atoms with E-state index in [1.807, 2.05) is 41.5 Å². The minimum Gasteiger partial charge on any atom is -0.396 e. The lowest BCUT2D eigenvalue weighted by Crippen LogP contribution is -2.36. The van der Waals surface area contributed by atoms with Gasteiger partial charge in [-0.25, -0.2) is 0 Å². The van der Waals surface area contributed by atoms with Gasteiger partial charge in [0.25, 0.3) is 0 Å². The topological polar surface area (TPSA) is 171 Å². The average Bonchev–Trinajstić information content (AvgIpc) is 1.57. The van der Waals surface area contributed by atoms with Crippen LogP contribution in [-0.4, -0.2) is 101 Å². The molecule has 8 N–H and O–H groups in total. The number of hydrogen-bond acceptors (Lipinski definition) is 9. The van der Waals surface area contributed by atoms with Crippen LogP contribution in [-0.2, 0) is 4.74 Å². The number of allylic oxidation sites excluding steroid dienone is 13. The van der Waals surface area contributed by atoms with Gasteiger partial charge in [0.2, 0.25) is 0 Å². The van der Waals surface area contributed by atoms with Crippen molar-refractivity contribution in [2.24, 2.45) is 63.1 Å². The number of ether oxygens (including phenoxy) is 1. The standard InChI is InChI=1S/C32H50O3.C30H50O4.C28H42O2/c1-23-13-16-27(33)22-26(23)15-14-25-12-9-21-32(6)28(17-18-29(25)32)24(10-7-19-30(2,3)34)11-8-20-31(4,5)35;1-21(9-6-15-29(3,4)33)25-13-14-26-23(10-7-16-30(25,26)5)11-12-24-20-27(32)28(19-22(24)2)34-18-8-17-31;1-20-8-11-23(29)19-22(20)10-9-21-7-5-15-27(4)24(21)12-13-25(27)28(17-18-28)16-6-14-26(2,3)30/h14-15,24,27-29,33-35H,1,7,9-13,16-19,21-22H2,2-6H3;11-12,21,25-28,31-33H,2,6-10,13-20H2,1,3-5H3;9-10,13,23-24,29-30H,1,5-8,11-12,14-19H2,2-4H3/b25-14+,26-15-;23-11+,24-12-;21-9+,22-10-/t24-,27-,28?,29-,32+;21?,25?,26-,27+,28-,30+;23-,24-,27-/m000/s1. The van der Waals surface area contributed by atoms with Crippen LogP contribution < -0.4 is 0 Å². The Morgan fingerprint density at radius 3 is 1.56 bits per heavy atom. The Balaban J connectivity index is 0.000000190. The van der Waals surface area contributed by atoms with E-state index in [1.54, 1.807) is 36.1 Å². The SMILES string of the molecule is C=C1CC[C@H](O)C/C1=C/C=C1\CCC[C@]2(C)C(C3(CCCC(C)(C)O)CC3)=CC[C@@H]12.C=C1CC[C@H](O)C/C1=C/C=C1\CCC[C@]2(C)C([C@H](CC#CC(C)(C)O)CCCC(C)(C)O)CC[C@@H]12.C=C1C[C@H](OCCCO)[C@H](O)C/C1=C/C=C1\CCC[C@]2(C)C(C(C)CCCC(C)(C)O)CC[C@@H]12. The van der Waals surface area contributed by atoms with E-state index in [2.05, 4.69) is 102 Å². The zero-order valence-corrected chi connectivity index (χ0v) is 64.7. The van der Waals surface area contributed by atoms with Gasteiger partial charge in [0.15, 0.2) is 0 Å². The highest BCUT2D eigenvalue weighted by Gasteiger charge is 2.57. The summed E-state index contributed by atoms with van der Waals surface area (Å²) in [5.41, 5.74) is 12.4. The molecule has 0 aromatic heterocycles. The Kier molecular flexibility index (Phi) is 28.5. The summed E-state index contributed by atoms with van der Waals surface area (Å²) in [6.07, 6.45) is 52.6. The summed E-state index contributed by atoms with van der Waals surface area (Å²) in [7, 11) is 0. The second-order valence-corrected chi connectivity index (χ2v) is 36.9. The highest BCUT2D eigenvalue weighted by Crippen LogP contribution is 2.68. The van der Waals surface area contributed by atoms with Gasteiger partial charge in [0.1, 0.15) is 5.60 Å². The lowest BCUT2D eigenvalue weighted by atomic mass is 9.60. The molecule has 0 aromatic rings. The number of aliphatic hydroxyl groups excluding tert-OH is 4. The van der Waals surface area contributed by atoms with Crippen molar-refractivity contribution in [3.8, 4) is 11.8 Å². The highest BCUT2D eigenvalue weighted by atomic mass is 16.5. The first-order chi connectivity index (χ1) is 46.5. The molecule has 0 aliphatic heterocycles. The van der Waals surface area contributed by atoms with E-state index in [9.17, 15) is 35.7 Å². The van der Waals surface area contributed by atoms with Gasteiger partial charge in [-0.3, -0.25) is 0 Å². The zero-order chi connectivity index (χ0) is 72.4. The number of hydrogen-bond donors (Lipinski definition) is 8. The Bertz CT molecular complexity index is 3030. The van der Waals surface area contributed by atoms with Crippen molar-refractivity contribution in [3.63, 3.8) is 0 Å². The maximum absolute atomic E-state index is 10.6. The molecular formula is C90H142O9. The Hall–Kier alpha value is -3.40. The Labute approximate surface area is 603 Å². The largest absolute Gasteiger partial charge is 0.396 e. The summed E-state index contributed by atoms with van der Waals surface area (Å²) < 4.78 is 5.77. The van der Waals surface area contributed by atoms with Crippen LogP contribution >= 0.6 is 0 Å². The van der Waals surface area contributed by atoms with Crippen LogP contribution in [0.1, 0.15) is 308 Å². The molecule has 10 rings (SSSR count). The van der Waals surface area contributed by atoms with Gasteiger partial charge >= 0.3 is 0 Å². The van der Waals surface area contributed by atoms with E-state index in [-0.39, 0.29) is 30.3 Å². The third kappa shape index (κ3) is 22.3. The fraction of sp³-hybridized carbons (Fsp3) is 0.756. The molecule has 9 fully saturated rings. The molecule has 0 spiro atoms. The average molecular weight is 1370 g/mol.